The van der Waals surface area contributed by atoms with Crippen LogP contribution in [0.1, 0.15) is 11.4 Å². The van der Waals surface area contributed by atoms with Crippen molar-refractivity contribution in [2.24, 2.45) is 10.2 Å². The van der Waals surface area contributed by atoms with Crippen molar-refractivity contribution in [1.82, 2.24) is 19.8 Å². The molecule has 0 fully saturated rings. The summed E-state index contributed by atoms with van der Waals surface area (Å²) >= 11 is 0. The van der Waals surface area contributed by atoms with Crippen LogP contribution in [0, 0.1) is 28.4 Å². The predicted molar refractivity (Wildman–Crippen MR) is 81.9 cm³/mol. The Bertz CT molecular complexity index is 1010. The maximum atomic E-state index is 10.6. The van der Waals surface area contributed by atoms with Gasteiger partial charge in [0.1, 0.15) is 6.07 Å². The second kappa shape index (κ2) is 5.69. The third kappa shape index (κ3) is 2.48. The number of nitro benzene ring substituents is 1. The molecule has 2 N–H and O–H groups in total. The minimum absolute atomic E-state index is 0.0381. The highest BCUT2D eigenvalue weighted by Gasteiger charge is 2.15. The zero-order chi connectivity index (χ0) is 17.3. The fraction of sp³-hybridized carbons (Fsp3) is 0.0769. The summed E-state index contributed by atoms with van der Waals surface area (Å²) in [5.74, 6) is 0.0578. The highest BCUT2D eigenvalue weighted by molar-refractivity contribution is 5.68. The van der Waals surface area contributed by atoms with E-state index in [1.807, 2.05) is 6.07 Å². The van der Waals surface area contributed by atoms with Crippen LogP contribution in [-0.4, -0.2) is 24.7 Å². The number of azo groups is 1. The third-order valence-electron chi connectivity index (χ3n) is 3.15. The predicted octanol–water partition coefficient (Wildman–Crippen LogP) is 2.21. The number of aryl methyl sites for hydroxylation is 1. The zero-order valence-electron chi connectivity index (χ0n) is 12.3. The van der Waals surface area contributed by atoms with Crippen molar-refractivity contribution in [3.8, 4) is 6.07 Å². The maximum absolute atomic E-state index is 10.6. The van der Waals surface area contributed by atoms with Gasteiger partial charge in [-0.25, -0.2) is 0 Å². The van der Waals surface area contributed by atoms with Gasteiger partial charge >= 0.3 is 0 Å². The van der Waals surface area contributed by atoms with E-state index < -0.39 is 4.92 Å². The van der Waals surface area contributed by atoms with E-state index in [0.717, 1.165) is 0 Å². The molecular formula is C13H9N9O2. The fourth-order valence-corrected chi connectivity index (χ4v) is 1.96. The van der Waals surface area contributed by atoms with E-state index in [1.165, 1.54) is 28.8 Å². The van der Waals surface area contributed by atoms with Gasteiger partial charge in [0.2, 0.25) is 11.3 Å². The molecule has 24 heavy (non-hydrogen) atoms. The number of rotatable bonds is 3. The maximum Gasteiger partial charge on any atom is 0.269 e. The molecule has 0 radical (unpaired) electrons. The number of non-ortho nitro benzene ring substituents is 1. The van der Waals surface area contributed by atoms with E-state index >= 15 is 0 Å². The van der Waals surface area contributed by atoms with Gasteiger partial charge in [0.15, 0.2) is 11.5 Å². The highest BCUT2D eigenvalue weighted by atomic mass is 16.6. The molecule has 0 aliphatic carbocycles. The second-order valence-corrected chi connectivity index (χ2v) is 4.69. The molecule has 0 bridgehead atoms. The molecule has 0 amide bonds. The molecule has 0 aliphatic heterocycles. The number of hydrogen-bond donors (Lipinski definition) is 1. The van der Waals surface area contributed by atoms with Crippen LogP contribution in [0.15, 0.2) is 34.5 Å². The standard InChI is InChI=1S/C13H9N9O2/c1-7-11(13-19-17-10(6-14)12(15)21(13)20-7)18-16-8-2-4-9(5-3-8)22(23)24/h2-5H,15H2,1H3. The number of hydrogen-bond acceptors (Lipinski definition) is 9. The van der Waals surface area contributed by atoms with Gasteiger partial charge in [-0.05, 0) is 19.1 Å². The summed E-state index contributed by atoms with van der Waals surface area (Å²) in [6.45, 7) is 1.68. The number of nitrogen functional groups attached to an aromatic ring is 1. The van der Waals surface area contributed by atoms with Crippen molar-refractivity contribution in [3.63, 3.8) is 0 Å². The molecule has 11 heteroatoms. The third-order valence-corrected chi connectivity index (χ3v) is 3.15. The van der Waals surface area contributed by atoms with E-state index in [-0.39, 0.29) is 22.8 Å². The molecule has 3 aromatic rings. The summed E-state index contributed by atoms with van der Waals surface area (Å²) in [4.78, 5) is 10.1. The first-order valence-electron chi connectivity index (χ1n) is 6.59. The Morgan fingerprint density at radius 3 is 2.62 bits per heavy atom. The Balaban J connectivity index is 2.01. The van der Waals surface area contributed by atoms with Gasteiger partial charge in [0.25, 0.3) is 5.69 Å². The smallest absolute Gasteiger partial charge is 0.269 e. The lowest BCUT2D eigenvalue weighted by molar-refractivity contribution is -0.384. The van der Waals surface area contributed by atoms with Crippen molar-refractivity contribution in [2.45, 2.75) is 6.92 Å². The van der Waals surface area contributed by atoms with E-state index in [9.17, 15) is 10.1 Å². The highest BCUT2D eigenvalue weighted by Crippen LogP contribution is 2.27. The number of nitriles is 1. The van der Waals surface area contributed by atoms with E-state index in [2.05, 4.69) is 25.5 Å². The van der Waals surface area contributed by atoms with Gasteiger partial charge in [-0.3, -0.25) is 10.1 Å². The molecule has 0 aliphatic rings. The number of fused-ring (bicyclic) bond motifs is 1. The van der Waals surface area contributed by atoms with Crippen molar-refractivity contribution in [2.75, 3.05) is 5.73 Å². The van der Waals surface area contributed by atoms with E-state index in [0.29, 0.717) is 17.1 Å². The van der Waals surface area contributed by atoms with Gasteiger partial charge < -0.3 is 5.73 Å². The monoisotopic (exact) mass is 323 g/mol. The summed E-state index contributed by atoms with van der Waals surface area (Å²) < 4.78 is 1.27. The Hall–Kier alpha value is -3.94. The average Bonchev–Trinajstić information content (AvgIpc) is 2.90. The molecule has 0 unspecified atom stereocenters. The number of anilines is 1. The van der Waals surface area contributed by atoms with Crippen LogP contribution in [0.2, 0.25) is 0 Å². The molecule has 2 aromatic heterocycles. The Morgan fingerprint density at radius 2 is 2.00 bits per heavy atom. The largest absolute Gasteiger partial charge is 0.381 e. The Labute approximate surface area is 134 Å². The van der Waals surface area contributed by atoms with Crippen LogP contribution in [0.3, 0.4) is 0 Å². The van der Waals surface area contributed by atoms with Gasteiger partial charge in [0.05, 0.1) is 16.3 Å². The molecule has 0 saturated carbocycles. The minimum atomic E-state index is -0.499. The number of benzene rings is 1. The van der Waals surface area contributed by atoms with Gasteiger partial charge in [-0.15, -0.1) is 15.3 Å². The van der Waals surface area contributed by atoms with Crippen LogP contribution >= 0.6 is 0 Å². The molecule has 11 nitrogen and oxygen atoms in total. The van der Waals surface area contributed by atoms with Gasteiger partial charge in [0, 0.05) is 12.1 Å². The molecular weight excluding hydrogens is 314 g/mol. The molecule has 0 saturated heterocycles. The van der Waals surface area contributed by atoms with Crippen LogP contribution < -0.4 is 5.73 Å². The SMILES string of the molecule is Cc1nn2c(N)c(C#N)nnc2c1N=Nc1ccc([N+](=O)[O-])cc1. The molecule has 118 valence electrons. The number of nitrogens with two attached hydrogens (primary N) is 1. The summed E-state index contributed by atoms with van der Waals surface area (Å²) in [6.07, 6.45) is 0. The van der Waals surface area contributed by atoms with Crippen LogP contribution in [0.5, 0.6) is 0 Å². The van der Waals surface area contributed by atoms with Crippen molar-refractivity contribution in [3.05, 3.63) is 45.8 Å². The van der Waals surface area contributed by atoms with Crippen LogP contribution in [-0.2, 0) is 0 Å². The first-order chi connectivity index (χ1) is 11.5. The minimum Gasteiger partial charge on any atom is -0.381 e. The fourth-order valence-electron chi connectivity index (χ4n) is 1.96. The topological polar surface area (TPSA) is 161 Å². The molecule has 3 rings (SSSR count). The zero-order valence-corrected chi connectivity index (χ0v) is 12.3. The lowest BCUT2D eigenvalue weighted by Crippen LogP contribution is -2.05. The lowest BCUT2D eigenvalue weighted by Gasteiger charge is -1.98. The first kappa shape index (κ1) is 15.0. The van der Waals surface area contributed by atoms with Gasteiger partial charge in [-0.1, -0.05) is 0 Å². The molecule has 0 atom stereocenters. The van der Waals surface area contributed by atoms with Gasteiger partial charge in [-0.2, -0.15) is 20.0 Å². The molecule has 0 spiro atoms. The average molecular weight is 323 g/mol. The van der Waals surface area contributed by atoms with E-state index in [1.54, 1.807) is 6.92 Å². The molecule has 2 heterocycles. The van der Waals surface area contributed by atoms with Crippen molar-refractivity contribution in [1.29, 1.82) is 5.26 Å². The first-order valence-corrected chi connectivity index (χ1v) is 6.59. The summed E-state index contributed by atoms with van der Waals surface area (Å²) in [6, 6.07) is 7.41. The normalized spacial score (nSPS) is 11.0. The van der Waals surface area contributed by atoms with Crippen molar-refractivity contribution >= 4 is 28.5 Å². The number of nitrogens with zero attached hydrogens (tertiary/aromatic N) is 8. The van der Waals surface area contributed by atoms with Crippen LogP contribution in [0.4, 0.5) is 22.9 Å². The Kier molecular flexibility index (Phi) is 3.55. The van der Waals surface area contributed by atoms with Crippen LogP contribution in [0.25, 0.3) is 5.65 Å². The summed E-state index contributed by atoms with van der Waals surface area (Å²) in [5, 5.41) is 39.4. The lowest BCUT2D eigenvalue weighted by atomic mass is 10.3. The van der Waals surface area contributed by atoms with Crippen molar-refractivity contribution < 1.29 is 4.92 Å². The Morgan fingerprint density at radius 1 is 1.29 bits per heavy atom. The number of aromatic nitrogens is 4. The number of nitro groups is 1. The summed E-state index contributed by atoms with van der Waals surface area (Å²) in [7, 11) is 0. The molecule has 1 aromatic carbocycles. The quantitative estimate of drug-likeness (QED) is 0.439. The second-order valence-electron chi connectivity index (χ2n) is 4.69. The van der Waals surface area contributed by atoms with E-state index in [4.69, 9.17) is 11.0 Å². The summed E-state index contributed by atoms with van der Waals surface area (Å²) in [5.41, 5.74) is 7.25.